The Morgan fingerprint density at radius 3 is 2.33 bits per heavy atom. The molecule has 2 unspecified atom stereocenters. The van der Waals surface area contributed by atoms with Gasteiger partial charge in [-0.1, -0.05) is 63.4 Å². The second-order valence-corrected chi connectivity index (χ2v) is 10.1. The quantitative estimate of drug-likeness (QED) is 0.466. The molecule has 0 aliphatic heterocycles. The average molecular weight is 462 g/mol. The predicted octanol–water partition coefficient (Wildman–Crippen LogP) is 4.74. The van der Waals surface area contributed by atoms with E-state index in [1.54, 1.807) is 27.8 Å². The number of nitrogens with zero attached hydrogens (tertiary/aromatic N) is 1. The highest BCUT2D eigenvalue weighted by molar-refractivity contribution is 5.92. The topological polar surface area (TPSA) is 87.7 Å². The van der Waals surface area contributed by atoms with Crippen LogP contribution in [0, 0.1) is 12.8 Å². The van der Waals surface area contributed by atoms with E-state index < -0.39 is 23.8 Å². The van der Waals surface area contributed by atoms with E-state index in [-0.39, 0.29) is 17.7 Å². The van der Waals surface area contributed by atoms with Crippen LogP contribution in [0.2, 0.25) is 0 Å². The lowest BCUT2D eigenvalue weighted by atomic mass is 9.99. The number of likely N-dealkylation sites (N-methyl/N-ethyl adjacent to an activating group) is 1. The van der Waals surface area contributed by atoms with Gasteiger partial charge in [0.2, 0.25) is 11.8 Å². The van der Waals surface area contributed by atoms with Gasteiger partial charge in [0.15, 0.2) is 0 Å². The lowest BCUT2D eigenvalue weighted by Crippen LogP contribution is -2.52. The highest BCUT2D eigenvalue weighted by Gasteiger charge is 2.34. The molecule has 0 spiro atoms. The van der Waals surface area contributed by atoms with Gasteiger partial charge in [0.1, 0.15) is 17.7 Å². The first-order valence-electron chi connectivity index (χ1n) is 12.0. The largest absolute Gasteiger partial charge is 0.444 e. The highest BCUT2D eigenvalue weighted by Crippen LogP contribution is 2.23. The molecule has 0 fully saturated rings. The molecule has 0 aliphatic carbocycles. The van der Waals surface area contributed by atoms with Gasteiger partial charge < -0.3 is 20.3 Å². The first-order valence-corrected chi connectivity index (χ1v) is 12.0. The van der Waals surface area contributed by atoms with Gasteiger partial charge in [-0.15, -0.1) is 0 Å². The maximum Gasteiger partial charge on any atom is 0.408 e. The number of aryl methyl sites for hydroxylation is 1. The van der Waals surface area contributed by atoms with E-state index in [4.69, 9.17) is 4.74 Å². The molecule has 0 aromatic heterocycles. The number of hydrogen-bond donors (Lipinski definition) is 2. The molecule has 1 aromatic carbocycles. The van der Waals surface area contributed by atoms with Gasteiger partial charge in [0.05, 0.1) is 0 Å². The van der Waals surface area contributed by atoms with Gasteiger partial charge in [-0.2, -0.15) is 0 Å². The van der Waals surface area contributed by atoms with E-state index in [2.05, 4.69) is 17.6 Å². The normalized spacial score (nSPS) is 13.2. The number of alkyl carbamates (subject to hydrolysis) is 1. The Hall–Kier alpha value is -2.57. The average Bonchev–Trinajstić information content (AvgIpc) is 2.68. The van der Waals surface area contributed by atoms with Crippen LogP contribution in [0.5, 0.6) is 0 Å². The van der Waals surface area contributed by atoms with Gasteiger partial charge >= 0.3 is 6.09 Å². The van der Waals surface area contributed by atoms with Crippen LogP contribution in [-0.4, -0.2) is 48.0 Å². The molecule has 7 heteroatoms. The van der Waals surface area contributed by atoms with E-state index in [0.29, 0.717) is 13.0 Å². The fourth-order valence-corrected chi connectivity index (χ4v) is 3.59. The van der Waals surface area contributed by atoms with Crippen LogP contribution in [-0.2, 0) is 14.3 Å². The number of hydrogen-bond acceptors (Lipinski definition) is 4. The SMILES string of the molecule is CCCCCNC(=O)C(c1cccc(C)c1)N(C)C(=O)C(CC(C)C)NC(=O)OC(C)(C)C. The summed E-state index contributed by atoms with van der Waals surface area (Å²) in [4.78, 5) is 40.6. The van der Waals surface area contributed by atoms with E-state index >= 15 is 0 Å². The third-order valence-corrected chi connectivity index (χ3v) is 5.12. The Morgan fingerprint density at radius 1 is 1.12 bits per heavy atom. The molecule has 0 aliphatic rings. The lowest BCUT2D eigenvalue weighted by Gasteiger charge is -2.32. The summed E-state index contributed by atoms with van der Waals surface area (Å²) in [5, 5.41) is 5.70. The van der Waals surface area contributed by atoms with Crippen molar-refractivity contribution in [2.24, 2.45) is 5.92 Å². The number of amides is 3. The minimum absolute atomic E-state index is 0.155. The van der Waals surface area contributed by atoms with Gasteiger partial charge in [0, 0.05) is 13.6 Å². The van der Waals surface area contributed by atoms with Crippen molar-refractivity contribution >= 4 is 17.9 Å². The van der Waals surface area contributed by atoms with Crippen molar-refractivity contribution in [3.63, 3.8) is 0 Å². The molecule has 0 saturated heterocycles. The zero-order valence-electron chi connectivity index (χ0n) is 21.7. The molecule has 186 valence electrons. The smallest absolute Gasteiger partial charge is 0.408 e. The number of benzene rings is 1. The summed E-state index contributed by atoms with van der Waals surface area (Å²) in [6.07, 6.45) is 2.76. The summed E-state index contributed by atoms with van der Waals surface area (Å²) in [6.45, 7) is 13.9. The van der Waals surface area contributed by atoms with Crippen molar-refractivity contribution in [1.29, 1.82) is 0 Å². The van der Waals surface area contributed by atoms with Gasteiger partial charge in [-0.25, -0.2) is 4.79 Å². The maximum atomic E-state index is 13.5. The number of unbranched alkanes of at least 4 members (excludes halogenated alkanes) is 2. The molecule has 33 heavy (non-hydrogen) atoms. The monoisotopic (exact) mass is 461 g/mol. The Kier molecular flexibility index (Phi) is 11.4. The minimum Gasteiger partial charge on any atom is -0.444 e. The fraction of sp³-hybridized carbons (Fsp3) is 0.654. The Morgan fingerprint density at radius 2 is 1.79 bits per heavy atom. The lowest BCUT2D eigenvalue weighted by molar-refractivity contribution is -0.141. The second kappa shape index (κ2) is 13.2. The molecule has 2 atom stereocenters. The Balaban J connectivity index is 3.16. The molecule has 1 rings (SSSR count). The summed E-state index contributed by atoms with van der Waals surface area (Å²) < 4.78 is 5.36. The number of rotatable bonds is 11. The molecule has 0 bridgehead atoms. The van der Waals surface area contributed by atoms with Crippen molar-refractivity contribution in [1.82, 2.24) is 15.5 Å². The zero-order chi connectivity index (χ0) is 25.2. The van der Waals surface area contributed by atoms with E-state index in [9.17, 15) is 14.4 Å². The van der Waals surface area contributed by atoms with Crippen LogP contribution >= 0.6 is 0 Å². The molecule has 0 heterocycles. The fourth-order valence-electron chi connectivity index (χ4n) is 3.59. The standard InChI is InChI=1S/C26H43N3O4/c1-9-10-11-15-27-23(30)22(20-14-12-13-19(4)17-20)29(8)24(31)21(16-18(2)3)28-25(32)33-26(5,6)7/h12-14,17-18,21-22H,9-11,15-16H2,1-8H3,(H,27,30)(H,28,32). The van der Waals surface area contributed by atoms with Crippen LogP contribution in [0.4, 0.5) is 4.79 Å². The van der Waals surface area contributed by atoms with Crippen LogP contribution in [0.15, 0.2) is 24.3 Å². The van der Waals surface area contributed by atoms with Crippen molar-refractivity contribution < 1.29 is 19.1 Å². The van der Waals surface area contributed by atoms with Crippen molar-refractivity contribution in [2.45, 2.75) is 91.8 Å². The molecule has 7 nitrogen and oxygen atoms in total. The van der Waals surface area contributed by atoms with Crippen LogP contribution in [0.3, 0.4) is 0 Å². The molecule has 0 radical (unpaired) electrons. The first-order chi connectivity index (χ1) is 15.4. The first kappa shape index (κ1) is 28.5. The number of ether oxygens (including phenoxy) is 1. The molecule has 3 amide bonds. The molecule has 2 N–H and O–H groups in total. The summed E-state index contributed by atoms with van der Waals surface area (Å²) >= 11 is 0. The summed E-state index contributed by atoms with van der Waals surface area (Å²) in [7, 11) is 1.62. The molecular weight excluding hydrogens is 418 g/mol. The van der Waals surface area contributed by atoms with Crippen LogP contribution in [0.1, 0.15) is 84.4 Å². The predicted molar refractivity (Wildman–Crippen MR) is 132 cm³/mol. The van der Waals surface area contributed by atoms with Crippen molar-refractivity contribution in [2.75, 3.05) is 13.6 Å². The maximum absolute atomic E-state index is 13.5. The number of carbonyl (C=O) groups is 3. The second-order valence-electron chi connectivity index (χ2n) is 10.1. The van der Waals surface area contributed by atoms with Gasteiger partial charge in [0.25, 0.3) is 0 Å². The van der Waals surface area contributed by atoms with Gasteiger partial charge in [-0.3, -0.25) is 9.59 Å². The Bertz CT molecular complexity index is 786. The molecule has 1 aromatic rings. The number of nitrogens with one attached hydrogen (secondary N) is 2. The highest BCUT2D eigenvalue weighted by atomic mass is 16.6. The van der Waals surface area contributed by atoms with E-state index in [1.807, 2.05) is 45.0 Å². The summed E-state index contributed by atoms with van der Waals surface area (Å²) in [6, 6.07) is 6.00. The molecule has 0 saturated carbocycles. The summed E-state index contributed by atoms with van der Waals surface area (Å²) in [5.41, 5.74) is 1.06. The number of carbonyl (C=O) groups excluding carboxylic acids is 3. The summed E-state index contributed by atoms with van der Waals surface area (Å²) in [5.74, 6) is -0.402. The third kappa shape index (κ3) is 10.3. The van der Waals surface area contributed by atoms with Crippen molar-refractivity contribution in [3.8, 4) is 0 Å². The molecular formula is C26H43N3O4. The van der Waals surface area contributed by atoms with Crippen LogP contribution < -0.4 is 10.6 Å². The minimum atomic E-state index is -0.801. The van der Waals surface area contributed by atoms with Crippen LogP contribution in [0.25, 0.3) is 0 Å². The zero-order valence-corrected chi connectivity index (χ0v) is 21.7. The third-order valence-electron chi connectivity index (χ3n) is 5.12. The Labute approximate surface area is 199 Å². The van der Waals surface area contributed by atoms with Gasteiger partial charge in [-0.05, 0) is 52.0 Å². The van der Waals surface area contributed by atoms with Crippen molar-refractivity contribution in [3.05, 3.63) is 35.4 Å². The van der Waals surface area contributed by atoms with E-state index in [0.717, 1.165) is 30.4 Å². The van der Waals surface area contributed by atoms with E-state index in [1.165, 1.54) is 4.90 Å².